The number of aromatic nitrogens is 2. The second-order valence-corrected chi connectivity index (χ2v) is 5.98. The molecule has 1 saturated carbocycles. The smallest absolute Gasteiger partial charge is 0.232 e. The predicted octanol–water partition coefficient (Wildman–Crippen LogP) is 3.24. The van der Waals surface area contributed by atoms with Gasteiger partial charge in [0.2, 0.25) is 11.8 Å². The van der Waals surface area contributed by atoms with Crippen LogP contribution in [0.1, 0.15) is 33.1 Å². The fourth-order valence-corrected chi connectivity index (χ4v) is 2.67. The Kier molecular flexibility index (Phi) is 3.56. The van der Waals surface area contributed by atoms with E-state index in [1.54, 1.807) is 13.3 Å². The summed E-state index contributed by atoms with van der Waals surface area (Å²) in [6.45, 7) is 4.57. The number of methoxy groups -OCH3 is 1. The molecular weight excluding hydrogens is 282 g/mol. The minimum Gasteiger partial charge on any atom is -0.480 e. The maximum Gasteiger partial charge on any atom is 0.232 e. The van der Waals surface area contributed by atoms with Gasteiger partial charge in [0, 0.05) is 6.04 Å². The molecule has 0 spiro atoms. The van der Waals surface area contributed by atoms with Crippen LogP contribution in [0.4, 0.5) is 5.95 Å². The van der Waals surface area contributed by atoms with Crippen LogP contribution in [0.2, 0.25) is 0 Å². The van der Waals surface area contributed by atoms with E-state index in [1.807, 2.05) is 0 Å². The van der Waals surface area contributed by atoms with Crippen molar-refractivity contribution in [1.29, 1.82) is 0 Å². The van der Waals surface area contributed by atoms with Gasteiger partial charge in [-0.15, -0.1) is 0 Å². The topological polar surface area (TPSA) is 47.0 Å². The maximum atomic E-state index is 5.16. The van der Waals surface area contributed by atoms with Crippen LogP contribution in [0.25, 0.3) is 0 Å². The molecule has 1 unspecified atom stereocenters. The van der Waals surface area contributed by atoms with Crippen LogP contribution in [-0.4, -0.2) is 23.1 Å². The summed E-state index contributed by atoms with van der Waals surface area (Å²) in [5.74, 6) is 1.21. The van der Waals surface area contributed by atoms with Gasteiger partial charge in [0.05, 0.1) is 17.8 Å². The molecular formula is C12H18BrN3O. The van der Waals surface area contributed by atoms with E-state index in [0.29, 0.717) is 23.3 Å². The van der Waals surface area contributed by atoms with Crippen molar-refractivity contribution in [3.8, 4) is 5.88 Å². The molecule has 5 heteroatoms. The van der Waals surface area contributed by atoms with E-state index in [0.717, 1.165) is 4.47 Å². The molecule has 1 atom stereocenters. The Hall–Kier alpha value is -0.840. The number of halogens is 1. The van der Waals surface area contributed by atoms with Crippen LogP contribution in [0.15, 0.2) is 10.7 Å². The Morgan fingerprint density at radius 1 is 1.53 bits per heavy atom. The number of ether oxygens (including phenoxy) is 1. The zero-order valence-electron chi connectivity index (χ0n) is 10.5. The molecule has 1 N–H and O–H groups in total. The van der Waals surface area contributed by atoms with Crippen molar-refractivity contribution in [2.24, 2.45) is 5.41 Å². The molecule has 1 aromatic heterocycles. The SMILES string of the molecule is COc1nc(NC2CCCC2(C)C)ncc1Br. The monoisotopic (exact) mass is 299 g/mol. The first-order valence-electron chi connectivity index (χ1n) is 5.86. The minimum atomic E-state index is 0.309. The molecule has 0 aromatic carbocycles. The van der Waals surface area contributed by atoms with Gasteiger partial charge in [0.15, 0.2) is 0 Å². The number of nitrogens with zero attached hydrogens (tertiary/aromatic N) is 2. The van der Waals surface area contributed by atoms with E-state index in [4.69, 9.17) is 4.74 Å². The molecule has 17 heavy (non-hydrogen) atoms. The summed E-state index contributed by atoms with van der Waals surface area (Å²) < 4.78 is 5.94. The van der Waals surface area contributed by atoms with Gasteiger partial charge in [-0.3, -0.25) is 0 Å². The maximum absolute atomic E-state index is 5.16. The van der Waals surface area contributed by atoms with Crippen LogP contribution in [0, 0.1) is 5.41 Å². The number of rotatable bonds is 3. The van der Waals surface area contributed by atoms with Gasteiger partial charge in [0.25, 0.3) is 0 Å². The molecule has 0 aliphatic heterocycles. The van der Waals surface area contributed by atoms with Gasteiger partial charge in [-0.1, -0.05) is 20.3 Å². The van der Waals surface area contributed by atoms with E-state index >= 15 is 0 Å². The molecule has 1 aliphatic rings. The molecule has 4 nitrogen and oxygen atoms in total. The Morgan fingerprint density at radius 3 is 2.88 bits per heavy atom. The summed E-state index contributed by atoms with van der Waals surface area (Å²) in [7, 11) is 1.61. The largest absolute Gasteiger partial charge is 0.480 e. The van der Waals surface area contributed by atoms with E-state index in [2.05, 4.69) is 45.1 Å². The molecule has 0 saturated heterocycles. The lowest BCUT2D eigenvalue weighted by Gasteiger charge is -2.27. The first kappa shape index (κ1) is 12.6. The standard InChI is InChI=1S/C12H18BrN3O/c1-12(2)6-4-5-9(12)15-11-14-7-8(13)10(16-11)17-3/h7,9H,4-6H2,1-3H3,(H,14,15,16). The summed E-state index contributed by atoms with van der Waals surface area (Å²) >= 11 is 3.35. The van der Waals surface area contributed by atoms with Crippen molar-refractivity contribution in [3.63, 3.8) is 0 Å². The third kappa shape index (κ3) is 2.70. The first-order chi connectivity index (χ1) is 8.03. The molecule has 0 amide bonds. The van der Waals surface area contributed by atoms with Crippen molar-refractivity contribution < 1.29 is 4.74 Å². The number of anilines is 1. The highest BCUT2D eigenvalue weighted by molar-refractivity contribution is 9.10. The van der Waals surface area contributed by atoms with Crippen molar-refractivity contribution in [1.82, 2.24) is 9.97 Å². The molecule has 0 bridgehead atoms. The summed E-state index contributed by atoms with van der Waals surface area (Å²) in [5.41, 5.74) is 0.309. The van der Waals surface area contributed by atoms with Crippen molar-refractivity contribution in [3.05, 3.63) is 10.7 Å². The Balaban J connectivity index is 2.13. The quantitative estimate of drug-likeness (QED) is 0.931. The Labute approximate surface area is 110 Å². The lowest BCUT2D eigenvalue weighted by atomic mass is 9.87. The molecule has 0 radical (unpaired) electrons. The molecule has 1 heterocycles. The summed E-state index contributed by atoms with van der Waals surface area (Å²) in [6.07, 6.45) is 5.40. The third-order valence-corrected chi connectivity index (χ3v) is 4.01. The summed E-state index contributed by atoms with van der Waals surface area (Å²) in [5, 5.41) is 3.41. The van der Waals surface area contributed by atoms with Gasteiger partial charge in [-0.05, 0) is 34.2 Å². The van der Waals surface area contributed by atoms with Crippen molar-refractivity contribution in [2.75, 3.05) is 12.4 Å². The number of hydrogen-bond donors (Lipinski definition) is 1. The zero-order chi connectivity index (χ0) is 12.5. The van der Waals surface area contributed by atoms with Crippen LogP contribution in [0.3, 0.4) is 0 Å². The van der Waals surface area contributed by atoms with E-state index < -0.39 is 0 Å². The normalized spacial score (nSPS) is 22.5. The lowest BCUT2D eigenvalue weighted by Crippen LogP contribution is -2.31. The second kappa shape index (κ2) is 4.80. The van der Waals surface area contributed by atoms with Gasteiger partial charge >= 0.3 is 0 Å². The van der Waals surface area contributed by atoms with Crippen LogP contribution >= 0.6 is 15.9 Å². The van der Waals surface area contributed by atoms with Gasteiger partial charge < -0.3 is 10.1 Å². The molecule has 1 aliphatic carbocycles. The van der Waals surface area contributed by atoms with Crippen molar-refractivity contribution >= 4 is 21.9 Å². The molecule has 2 rings (SSSR count). The highest BCUT2D eigenvalue weighted by atomic mass is 79.9. The van der Waals surface area contributed by atoms with Crippen LogP contribution in [0.5, 0.6) is 5.88 Å². The first-order valence-corrected chi connectivity index (χ1v) is 6.65. The molecule has 1 aromatic rings. The highest BCUT2D eigenvalue weighted by Gasteiger charge is 2.34. The third-order valence-electron chi connectivity index (χ3n) is 3.47. The van der Waals surface area contributed by atoms with Gasteiger partial charge in [-0.25, -0.2) is 4.98 Å². The fraction of sp³-hybridized carbons (Fsp3) is 0.667. The van der Waals surface area contributed by atoms with Crippen LogP contribution in [-0.2, 0) is 0 Å². The minimum absolute atomic E-state index is 0.309. The summed E-state index contributed by atoms with van der Waals surface area (Å²) in [4.78, 5) is 8.60. The van der Waals surface area contributed by atoms with E-state index in [9.17, 15) is 0 Å². The number of nitrogens with one attached hydrogen (secondary N) is 1. The second-order valence-electron chi connectivity index (χ2n) is 5.13. The lowest BCUT2D eigenvalue weighted by molar-refractivity contribution is 0.347. The van der Waals surface area contributed by atoms with Gasteiger partial charge in [-0.2, -0.15) is 4.98 Å². The Morgan fingerprint density at radius 2 is 2.29 bits per heavy atom. The predicted molar refractivity (Wildman–Crippen MR) is 71.3 cm³/mol. The summed E-state index contributed by atoms with van der Waals surface area (Å²) in [6, 6.07) is 0.438. The van der Waals surface area contributed by atoms with Gasteiger partial charge in [0.1, 0.15) is 0 Å². The average molecular weight is 300 g/mol. The van der Waals surface area contributed by atoms with E-state index in [-0.39, 0.29) is 0 Å². The fourth-order valence-electron chi connectivity index (χ4n) is 2.31. The molecule has 94 valence electrons. The van der Waals surface area contributed by atoms with E-state index in [1.165, 1.54) is 19.3 Å². The molecule has 1 fully saturated rings. The zero-order valence-corrected chi connectivity index (χ0v) is 12.0. The average Bonchev–Trinajstić information content (AvgIpc) is 2.61. The van der Waals surface area contributed by atoms with Crippen molar-refractivity contribution in [2.45, 2.75) is 39.2 Å². The Bertz CT molecular complexity index is 409. The van der Waals surface area contributed by atoms with Crippen LogP contribution < -0.4 is 10.1 Å². The number of hydrogen-bond acceptors (Lipinski definition) is 4. The highest BCUT2D eigenvalue weighted by Crippen LogP contribution is 2.38.